The Hall–Kier alpha value is -1.67. The minimum absolute atomic E-state index is 0.265. The SMILES string of the molecule is Cc1cccc(C(O)Cc2ccccc2F)c1. The van der Waals surface area contributed by atoms with Crippen molar-refractivity contribution in [1.82, 2.24) is 0 Å². The molecule has 1 unspecified atom stereocenters. The molecule has 2 heteroatoms. The van der Waals surface area contributed by atoms with Gasteiger partial charge < -0.3 is 5.11 Å². The molecule has 0 saturated carbocycles. The van der Waals surface area contributed by atoms with Crippen molar-refractivity contribution in [2.75, 3.05) is 0 Å². The summed E-state index contributed by atoms with van der Waals surface area (Å²) in [4.78, 5) is 0. The number of halogens is 1. The maximum atomic E-state index is 13.4. The van der Waals surface area contributed by atoms with E-state index in [0.717, 1.165) is 11.1 Å². The molecule has 2 rings (SSSR count). The Morgan fingerprint density at radius 3 is 2.59 bits per heavy atom. The summed E-state index contributed by atoms with van der Waals surface area (Å²) in [5, 5.41) is 10.1. The molecule has 0 aliphatic heterocycles. The average molecular weight is 230 g/mol. The molecule has 0 aliphatic carbocycles. The van der Waals surface area contributed by atoms with Crippen molar-refractivity contribution in [3.8, 4) is 0 Å². The van der Waals surface area contributed by atoms with Crippen LogP contribution in [0.2, 0.25) is 0 Å². The Labute approximate surface area is 101 Å². The van der Waals surface area contributed by atoms with Crippen molar-refractivity contribution in [3.63, 3.8) is 0 Å². The topological polar surface area (TPSA) is 20.2 Å². The lowest BCUT2D eigenvalue weighted by Crippen LogP contribution is -2.03. The molecule has 0 saturated heterocycles. The van der Waals surface area contributed by atoms with E-state index in [9.17, 15) is 9.50 Å². The fourth-order valence-corrected chi connectivity index (χ4v) is 1.87. The molecule has 0 bridgehead atoms. The molecule has 2 aromatic carbocycles. The molecule has 1 atom stereocenters. The van der Waals surface area contributed by atoms with Crippen molar-refractivity contribution in [3.05, 3.63) is 71.0 Å². The van der Waals surface area contributed by atoms with Gasteiger partial charge in [-0.25, -0.2) is 4.39 Å². The first-order valence-corrected chi connectivity index (χ1v) is 5.65. The summed E-state index contributed by atoms with van der Waals surface area (Å²) in [7, 11) is 0. The van der Waals surface area contributed by atoms with E-state index in [-0.39, 0.29) is 5.82 Å². The molecule has 1 N–H and O–H groups in total. The van der Waals surface area contributed by atoms with Gasteiger partial charge in [-0.2, -0.15) is 0 Å². The molecule has 0 heterocycles. The zero-order valence-corrected chi connectivity index (χ0v) is 9.73. The predicted octanol–water partition coefficient (Wildman–Crippen LogP) is 3.41. The van der Waals surface area contributed by atoms with Gasteiger partial charge in [-0.1, -0.05) is 48.0 Å². The third-order valence-corrected chi connectivity index (χ3v) is 2.80. The Morgan fingerprint density at radius 1 is 1.12 bits per heavy atom. The summed E-state index contributed by atoms with van der Waals surface area (Å²) in [5.41, 5.74) is 2.46. The molecule has 2 aromatic rings. The summed E-state index contributed by atoms with van der Waals surface area (Å²) in [6.45, 7) is 1.97. The maximum Gasteiger partial charge on any atom is 0.126 e. The minimum atomic E-state index is -0.660. The molecular formula is C15H15FO. The highest BCUT2D eigenvalue weighted by Crippen LogP contribution is 2.20. The number of hydrogen-bond acceptors (Lipinski definition) is 1. The van der Waals surface area contributed by atoms with Crippen LogP contribution in [-0.2, 0) is 6.42 Å². The van der Waals surface area contributed by atoms with Crippen molar-refractivity contribution in [2.24, 2.45) is 0 Å². The van der Waals surface area contributed by atoms with Crippen LogP contribution in [0, 0.1) is 12.7 Å². The molecule has 0 amide bonds. The lowest BCUT2D eigenvalue weighted by molar-refractivity contribution is 0.177. The van der Waals surface area contributed by atoms with Crippen LogP contribution in [0.25, 0.3) is 0 Å². The van der Waals surface area contributed by atoms with Crippen LogP contribution in [0.4, 0.5) is 4.39 Å². The van der Waals surface area contributed by atoms with Gasteiger partial charge in [-0.3, -0.25) is 0 Å². The third kappa shape index (κ3) is 2.92. The minimum Gasteiger partial charge on any atom is -0.388 e. The van der Waals surface area contributed by atoms with Gasteiger partial charge in [0.15, 0.2) is 0 Å². The van der Waals surface area contributed by atoms with Crippen molar-refractivity contribution in [1.29, 1.82) is 0 Å². The van der Waals surface area contributed by atoms with Crippen LogP contribution in [0.5, 0.6) is 0 Å². The van der Waals surface area contributed by atoms with Gasteiger partial charge in [-0.05, 0) is 24.1 Å². The predicted molar refractivity (Wildman–Crippen MR) is 66.2 cm³/mol. The van der Waals surface area contributed by atoms with E-state index in [2.05, 4.69) is 0 Å². The highest BCUT2D eigenvalue weighted by Gasteiger charge is 2.11. The van der Waals surface area contributed by atoms with Gasteiger partial charge in [0.25, 0.3) is 0 Å². The standard InChI is InChI=1S/C15H15FO/c1-11-5-4-7-13(9-11)15(17)10-12-6-2-3-8-14(12)16/h2-9,15,17H,10H2,1H3. The van der Waals surface area contributed by atoms with E-state index >= 15 is 0 Å². The highest BCUT2D eigenvalue weighted by molar-refractivity contribution is 5.26. The van der Waals surface area contributed by atoms with Gasteiger partial charge in [0.05, 0.1) is 6.10 Å². The second kappa shape index (κ2) is 5.11. The van der Waals surface area contributed by atoms with Gasteiger partial charge >= 0.3 is 0 Å². The Balaban J connectivity index is 2.17. The number of aryl methyl sites for hydroxylation is 1. The van der Waals surface area contributed by atoms with Crippen LogP contribution in [0.1, 0.15) is 22.8 Å². The van der Waals surface area contributed by atoms with Crippen molar-refractivity contribution in [2.45, 2.75) is 19.4 Å². The second-order valence-corrected chi connectivity index (χ2v) is 4.23. The zero-order chi connectivity index (χ0) is 12.3. The first kappa shape index (κ1) is 11.8. The van der Waals surface area contributed by atoms with Gasteiger partial charge in [0.1, 0.15) is 5.82 Å². The van der Waals surface area contributed by atoms with Crippen LogP contribution in [0.3, 0.4) is 0 Å². The van der Waals surface area contributed by atoms with Crippen molar-refractivity contribution < 1.29 is 9.50 Å². The van der Waals surface area contributed by atoms with E-state index in [1.54, 1.807) is 18.2 Å². The lowest BCUT2D eigenvalue weighted by Gasteiger charge is -2.12. The molecule has 0 spiro atoms. The Bertz CT molecular complexity index is 508. The smallest absolute Gasteiger partial charge is 0.126 e. The summed E-state index contributed by atoms with van der Waals surface area (Å²) in [6, 6.07) is 14.2. The molecular weight excluding hydrogens is 215 g/mol. The number of benzene rings is 2. The average Bonchev–Trinajstić information content (AvgIpc) is 2.32. The summed E-state index contributed by atoms with van der Waals surface area (Å²) in [5.74, 6) is -0.265. The highest BCUT2D eigenvalue weighted by atomic mass is 19.1. The van der Waals surface area contributed by atoms with Gasteiger partial charge in [0, 0.05) is 6.42 Å². The van der Waals surface area contributed by atoms with E-state index in [0.29, 0.717) is 12.0 Å². The number of aliphatic hydroxyl groups excluding tert-OH is 1. The first-order valence-electron chi connectivity index (χ1n) is 5.65. The third-order valence-electron chi connectivity index (χ3n) is 2.80. The summed E-state index contributed by atoms with van der Waals surface area (Å²) >= 11 is 0. The van der Waals surface area contributed by atoms with Crippen LogP contribution < -0.4 is 0 Å². The van der Waals surface area contributed by atoms with Crippen LogP contribution >= 0.6 is 0 Å². The molecule has 0 fully saturated rings. The van der Waals surface area contributed by atoms with Gasteiger partial charge in [-0.15, -0.1) is 0 Å². The summed E-state index contributed by atoms with van der Waals surface area (Å²) < 4.78 is 13.4. The fraction of sp³-hybridized carbons (Fsp3) is 0.200. The number of rotatable bonds is 3. The van der Waals surface area contributed by atoms with E-state index < -0.39 is 6.10 Å². The molecule has 0 aliphatic rings. The monoisotopic (exact) mass is 230 g/mol. The Morgan fingerprint density at radius 2 is 1.88 bits per heavy atom. The van der Waals surface area contributed by atoms with Crippen molar-refractivity contribution >= 4 is 0 Å². The molecule has 17 heavy (non-hydrogen) atoms. The normalized spacial score (nSPS) is 12.4. The zero-order valence-electron chi connectivity index (χ0n) is 9.73. The largest absolute Gasteiger partial charge is 0.388 e. The van der Waals surface area contributed by atoms with Crippen LogP contribution in [0.15, 0.2) is 48.5 Å². The first-order chi connectivity index (χ1) is 8.16. The van der Waals surface area contributed by atoms with E-state index in [1.807, 2.05) is 31.2 Å². The van der Waals surface area contributed by atoms with E-state index in [1.165, 1.54) is 6.07 Å². The quantitative estimate of drug-likeness (QED) is 0.856. The summed E-state index contributed by atoms with van der Waals surface area (Å²) in [6.07, 6.45) is -0.359. The van der Waals surface area contributed by atoms with E-state index in [4.69, 9.17) is 0 Å². The van der Waals surface area contributed by atoms with Crippen LogP contribution in [-0.4, -0.2) is 5.11 Å². The lowest BCUT2D eigenvalue weighted by atomic mass is 10.00. The molecule has 1 nitrogen and oxygen atoms in total. The fourth-order valence-electron chi connectivity index (χ4n) is 1.87. The molecule has 0 radical (unpaired) electrons. The number of hydrogen-bond donors (Lipinski definition) is 1. The second-order valence-electron chi connectivity index (χ2n) is 4.23. The molecule has 0 aromatic heterocycles. The molecule has 88 valence electrons. The maximum absolute atomic E-state index is 13.4. The Kier molecular flexibility index (Phi) is 3.55. The van der Waals surface area contributed by atoms with Gasteiger partial charge in [0.2, 0.25) is 0 Å². The number of aliphatic hydroxyl groups is 1.